The summed E-state index contributed by atoms with van der Waals surface area (Å²) in [5.74, 6) is 0. The van der Waals surface area contributed by atoms with Crippen molar-refractivity contribution in [2.24, 2.45) is 0 Å². The van der Waals surface area contributed by atoms with E-state index >= 15 is 0 Å². The third kappa shape index (κ3) is 3.31. The van der Waals surface area contributed by atoms with E-state index in [0.29, 0.717) is 0 Å². The Bertz CT molecular complexity index is 172. The standard InChI is InChI=1S/C9H16N.CH2O2.Li/c1-2-5-9(6-3-1)10-7-4-8-10;2-1-3;/h7,9H,1-6,8H2;1H,(H,2,3);. The Hall–Kier alpha value is 0.0274. The van der Waals surface area contributed by atoms with E-state index in [2.05, 4.69) is 22.6 Å². The molecule has 1 saturated heterocycles. The Morgan fingerprint density at radius 1 is 1.21 bits per heavy atom. The second kappa shape index (κ2) is 6.50. The molecule has 0 spiro atoms. The van der Waals surface area contributed by atoms with E-state index in [-0.39, 0.29) is 6.47 Å². The summed E-state index contributed by atoms with van der Waals surface area (Å²) >= 11 is 2.37. The molecule has 0 aromatic heterocycles. The van der Waals surface area contributed by atoms with Crippen LogP contribution in [0.5, 0.6) is 0 Å². The van der Waals surface area contributed by atoms with Crippen LogP contribution < -0.4 is 0 Å². The molecule has 76 valence electrons. The summed E-state index contributed by atoms with van der Waals surface area (Å²) in [5, 5.41) is 6.89. The van der Waals surface area contributed by atoms with Crippen molar-refractivity contribution in [3.63, 3.8) is 0 Å². The van der Waals surface area contributed by atoms with Crippen molar-refractivity contribution in [2.45, 2.75) is 49.3 Å². The predicted molar refractivity (Wildman–Crippen MR) is 56.4 cm³/mol. The molecule has 2 fully saturated rings. The van der Waals surface area contributed by atoms with Gasteiger partial charge in [-0.1, -0.05) is 0 Å². The van der Waals surface area contributed by atoms with Gasteiger partial charge in [0.15, 0.2) is 0 Å². The number of nitrogens with zero attached hydrogens (tertiary/aromatic N) is 1. The van der Waals surface area contributed by atoms with E-state index in [1.54, 1.807) is 0 Å². The number of rotatable bonds is 1. The molecule has 0 aromatic carbocycles. The minimum atomic E-state index is -0.250. The van der Waals surface area contributed by atoms with Gasteiger partial charge >= 0.3 is 78.4 Å². The molecule has 0 radical (unpaired) electrons. The van der Waals surface area contributed by atoms with Gasteiger partial charge in [-0.15, -0.1) is 0 Å². The molecule has 1 N–H and O–H groups in total. The molecular formula is C10H18LiNO2. The van der Waals surface area contributed by atoms with Crippen molar-refractivity contribution in [1.29, 1.82) is 0 Å². The maximum absolute atomic E-state index is 8.36. The van der Waals surface area contributed by atoms with Gasteiger partial charge in [-0.05, 0) is 0 Å². The number of carbonyl (C=O) groups is 1. The van der Waals surface area contributed by atoms with Gasteiger partial charge in [-0.25, -0.2) is 0 Å². The fourth-order valence-electron chi connectivity index (χ4n) is 2.49. The quantitative estimate of drug-likeness (QED) is 0.500. The van der Waals surface area contributed by atoms with Crippen molar-refractivity contribution in [2.75, 3.05) is 6.54 Å². The third-order valence-corrected chi connectivity index (χ3v) is 3.41. The van der Waals surface area contributed by atoms with Crippen LogP contribution in [0.4, 0.5) is 0 Å². The van der Waals surface area contributed by atoms with Crippen LogP contribution in [0.25, 0.3) is 0 Å². The van der Waals surface area contributed by atoms with Crippen LogP contribution in [-0.2, 0) is 4.79 Å². The molecule has 0 aromatic rings. The van der Waals surface area contributed by atoms with Crippen LogP contribution in [-0.4, -0.2) is 51.5 Å². The molecule has 0 amide bonds. The van der Waals surface area contributed by atoms with Crippen LogP contribution in [0, 0.1) is 0 Å². The van der Waals surface area contributed by atoms with E-state index in [9.17, 15) is 0 Å². The number of hydrogen-bond acceptors (Lipinski definition) is 2. The first-order valence-electron chi connectivity index (χ1n) is 5.63. The molecule has 1 aliphatic heterocycles. The van der Waals surface area contributed by atoms with Crippen LogP contribution in [0.3, 0.4) is 0 Å². The monoisotopic (exact) mass is 191 g/mol. The molecule has 1 atom stereocenters. The number of hydrogen-bond donors (Lipinski definition) is 1. The summed E-state index contributed by atoms with van der Waals surface area (Å²) in [6.07, 6.45) is 8.84. The SMILES string of the molecule is O=CO.[Li][CH]1CCN1C1CCCCC1. The van der Waals surface area contributed by atoms with Gasteiger partial charge in [0.05, 0.1) is 0 Å². The van der Waals surface area contributed by atoms with E-state index in [0.717, 1.165) is 10.8 Å². The maximum atomic E-state index is 8.36. The molecule has 1 unspecified atom stereocenters. The predicted octanol–water partition coefficient (Wildman–Crippen LogP) is 1.22. The zero-order valence-corrected chi connectivity index (χ0v) is 8.98. The zero-order chi connectivity index (χ0) is 10.4. The summed E-state index contributed by atoms with van der Waals surface area (Å²) < 4.78 is 0.901. The third-order valence-electron chi connectivity index (χ3n) is 3.41. The Labute approximate surface area is 95.1 Å². The normalized spacial score (nSPS) is 28.6. The molecule has 3 nitrogen and oxygen atoms in total. The second-order valence-corrected chi connectivity index (χ2v) is 4.27. The summed E-state index contributed by atoms with van der Waals surface area (Å²) in [6, 6.07) is 0.965. The van der Waals surface area contributed by atoms with Crippen LogP contribution >= 0.6 is 0 Å². The van der Waals surface area contributed by atoms with Gasteiger partial charge < -0.3 is 5.11 Å². The van der Waals surface area contributed by atoms with Gasteiger partial charge in [0, 0.05) is 0 Å². The Kier molecular flexibility index (Phi) is 5.62. The average Bonchev–Trinajstić information content (AvgIpc) is 2.18. The Morgan fingerprint density at radius 2 is 1.79 bits per heavy atom. The van der Waals surface area contributed by atoms with E-state index in [1.165, 1.54) is 45.1 Å². The van der Waals surface area contributed by atoms with Crippen LogP contribution in [0.2, 0.25) is 0 Å². The molecule has 1 heterocycles. The summed E-state index contributed by atoms with van der Waals surface area (Å²) in [6.45, 7) is 1.13. The van der Waals surface area contributed by atoms with Gasteiger partial charge in [0.25, 0.3) is 6.47 Å². The fraction of sp³-hybridized carbons (Fsp3) is 0.900. The average molecular weight is 191 g/mol. The molecule has 1 saturated carbocycles. The van der Waals surface area contributed by atoms with Crippen LogP contribution in [0.1, 0.15) is 38.5 Å². The summed E-state index contributed by atoms with van der Waals surface area (Å²) in [4.78, 5) is 11.1. The minimum absolute atomic E-state index is 0.250. The van der Waals surface area contributed by atoms with Crippen molar-refractivity contribution >= 4 is 24.2 Å². The summed E-state index contributed by atoms with van der Waals surface area (Å²) in [7, 11) is 0. The number of carboxylic acid groups (broad SMARTS) is 1. The fourth-order valence-corrected chi connectivity index (χ4v) is 2.49. The topological polar surface area (TPSA) is 40.5 Å². The molecule has 14 heavy (non-hydrogen) atoms. The molecule has 2 aliphatic rings. The molecule has 2 rings (SSSR count). The Balaban J connectivity index is 0.000000293. The van der Waals surface area contributed by atoms with E-state index in [4.69, 9.17) is 9.90 Å². The van der Waals surface area contributed by atoms with Crippen LogP contribution in [0.15, 0.2) is 0 Å². The van der Waals surface area contributed by atoms with E-state index < -0.39 is 0 Å². The first kappa shape index (κ1) is 12.1. The first-order valence-corrected chi connectivity index (χ1v) is 5.63. The van der Waals surface area contributed by atoms with Gasteiger partial charge in [0.2, 0.25) is 0 Å². The number of likely N-dealkylation sites (tertiary alicyclic amines) is 1. The molecule has 1 aliphatic carbocycles. The van der Waals surface area contributed by atoms with Gasteiger partial charge in [-0.2, -0.15) is 0 Å². The van der Waals surface area contributed by atoms with E-state index in [1.807, 2.05) is 0 Å². The second-order valence-electron chi connectivity index (χ2n) is 4.27. The zero-order valence-electron chi connectivity index (χ0n) is 8.98. The van der Waals surface area contributed by atoms with Crippen molar-refractivity contribution in [3.05, 3.63) is 0 Å². The molecular weight excluding hydrogens is 173 g/mol. The van der Waals surface area contributed by atoms with Crippen molar-refractivity contribution < 1.29 is 9.90 Å². The first-order chi connectivity index (χ1) is 6.79. The molecule has 0 bridgehead atoms. The Morgan fingerprint density at radius 3 is 2.14 bits per heavy atom. The van der Waals surface area contributed by atoms with Gasteiger partial charge in [-0.3, -0.25) is 4.79 Å². The summed E-state index contributed by atoms with van der Waals surface area (Å²) in [5.41, 5.74) is 0. The molecule has 4 heteroatoms. The van der Waals surface area contributed by atoms with Gasteiger partial charge in [0.1, 0.15) is 0 Å². The van der Waals surface area contributed by atoms with Crippen molar-refractivity contribution in [3.8, 4) is 0 Å². The van der Waals surface area contributed by atoms with Crippen molar-refractivity contribution in [1.82, 2.24) is 4.90 Å².